The Labute approximate surface area is 376 Å². The van der Waals surface area contributed by atoms with Gasteiger partial charge in [0, 0.05) is 69.3 Å². The van der Waals surface area contributed by atoms with E-state index in [1.165, 1.54) is 116 Å². The highest BCUT2D eigenvalue weighted by Crippen LogP contribution is 2.48. The van der Waals surface area contributed by atoms with Crippen LogP contribution in [-0.2, 0) is 44.9 Å². The number of aromatic nitrogens is 3. The van der Waals surface area contributed by atoms with Crippen LogP contribution in [-0.4, -0.2) is 25.8 Å². The summed E-state index contributed by atoms with van der Waals surface area (Å²) in [6.45, 7) is 0. The summed E-state index contributed by atoms with van der Waals surface area (Å²) in [5, 5.41) is 1.46. The minimum absolute atomic E-state index is 0.396. The molecule has 0 N–H and O–H groups in total. The summed E-state index contributed by atoms with van der Waals surface area (Å²) in [6, 6.07) is 38.1. The zero-order chi connectivity index (χ0) is 41.9. The molecule has 6 aliphatic carbocycles. The highest BCUT2D eigenvalue weighted by atomic mass is 15.2. The van der Waals surface area contributed by atoms with Gasteiger partial charge in [-0.25, -0.2) is 0 Å². The van der Waals surface area contributed by atoms with E-state index in [0.29, 0.717) is 18.0 Å². The van der Waals surface area contributed by atoms with Crippen molar-refractivity contribution in [2.45, 2.75) is 101 Å². The van der Waals surface area contributed by atoms with Gasteiger partial charge >= 0.3 is 0 Å². The number of anilines is 1. The molecule has 0 radical (unpaired) electrons. The molecule has 4 heterocycles. The Hall–Kier alpha value is -6.52. The molecule has 0 bridgehead atoms. The second-order valence-electron chi connectivity index (χ2n) is 19.4. The maximum absolute atomic E-state index is 2.78. The van der Waals surface area contributed by atoms with Crippen LogP contribution in [0.3, 0.4) is 0 Å². The van der Waals surface area contributed by atoms with Gasteiger partial charge in [-0.3, -0.25) is 0 Å². The largest absolute Gasteiger partial charge is 0.361 e. The molecule has 7 aliphatic rings. The Balaban J connectivity index is 0.798. The molecule has 1 aliphatic heterocycles. The van der Waals surface area contributed by atoms with E-state index in [1.807, 2.05) is 0 Å². The lowest BCUT2D eigenvalue weighted by atomic mass is 9.86. The van der Waals surface area contributed by atoms with Crippen molar-refractivity contribution in [3.05, 3.63) is 195 Å². The van der Waals surface area contributed by atoms with Gasteiger partial charge in [-0.2, -0.15) is 0 Å². The molecular weight excluding hydrogens is 777 g/mol. The van der Waals surface area contributed by atoms with Gasteiger partial charge in [-0.15, -0.1) is 0 Å². The number of hydrogen-bond donors (Lipinski definition) is 0. The van der Waals surface area contributed by atoms with Crippen molar-refractivity contribution in [2.24, 2.45) is 0 Å². The summed E-state index contributed by atoms with van der Waals surface area (Å²) in [6.07, 6.45) is 36.5. The molecule has 0 fully saturated rings. The lowest BCUT2D eigenvalue weighted by molar-refractivity contribution is 0.487. The summed E-state index contributed by atoms with van der Waals surface area (Å²) in [7, 11) is 0. The molecule has 4 aromatic carbocycles. The van der Waals surface area contributed by atoms with Crippen LogP contribution >= 0.6 is 0 Å². The zero-order valence-corrected chi connectivity index (χ0v) is 36.6. The number of aryl methyl sites for hydroxylation is 1. The minimum Gasteiger partial charge on any atom is -0.361 e. The molecular formula is C60H54N4. The highest BCUT2D eigenvalue weighted by Gasteiger charge is 2.42. The lowest BCUT2D eigenvalue weighted by Gasteiger charge is -2.39. The number of nitrogens with zero attached hydrogens (tertiary/aromatic N) is 4. The number of hydrogen-bond acceptors (Lipinski definition) is 1. The first-order valence-corrected chi connectivity index (χ1v) is 24.4. The third kappa shape index (κ3) is 5.47. The van der Waals surface area contributed by atoms with Crippen molar-refractivity contribution in [3.8, 4) is 22.5 Å². The lowest BCUT2D eigenvalue weighted by Crippen LogP contribution is -2.44. The van der Waals surface area contributed by atoms with E-state index in [1.54, 1.807) is 22.4 Å². The average molecular weight is 831 g/mol. The van der Waals surface area contributed by atoms with Crippen molar-refractivity contribution in [3.63, 3.8) is 0 Å². The second kappa shape index (κ2) is 14.5. The predicted octanol–water partition coefficient (Wildman–Crippen LogP) is 13.6. The normalized spacial score (nSPS) is 21.2. The van der Waals surface area contributed by atoms with E-state index in [2.05, 4.69) is 170 Å². The van der Waals surface area contributed by atoms with Gasteiger partial charge in [-0.1, -0.05) is 103 Å². The van der Waals surface area contributed by atoms with E-state index in [-0.39, 0.29) is 0 Å². The number of rotatable bonds is 5. The van der Waals surface area contributed by atoms with Gasteiger partial charge in [0.1, 0.15) is 0 Å². The Morgan fingerprint density at radius 2 is 1.27 bits per heavy atom. The first-order chi connectivity index (χ1) is 31.8. The van der Waals surface area contributed by atoms with Crippen molar-refractivity contribution in [1.82, 2.24) is 13.7 Å². The quantitative estimate of drug-likeness (QED) is 0.169. The van der Waals surface area contributed by atoms with Gasteiger partial charge in [0.05, 0.1) is 17.3 Å². The standard InChI is InChI=1S/C60H54N4/c1-9-21-55-45(13-1)46-14-2-10-22-56(46)63(55)43-33-35-51-49-17-5-7-19-53(49)61(59(51)37-43)41-29-25-39(26-30-41)40-27-31-42(32-28-40)62-54-20-8-6-18-50(54)52-36-34-44(38-60(52)62)64-57-23-11-3-15-47(57)48-16-4-12-24-58(48)64/h1-3,6-7,9-11,13-15,18-19,21-23,25-32,38,43,45,55H,4-5,8,12,16-17,20,24,33-37H2. The molecule has 0 amide bonds. The fourth-order valence-corrected chi connectivity index (χ4v) is 13.4. The number of fused-ring (bicyclic) bond motifs is 12. The van der Waals surface area contributed by atoms with E-state index in [0.717, 1.165) is 51.4 Å². The molecule has 14 rings (SSSR count). The molecule has 0 saturated carbocycles. The molecule has 3 aromatic heterocycles. The summed E-state index contributed by atoms with van der Waals surface area (Å²) in [5.74, 6) is 0.439. The van der Waals surface area contributed by atoms with Crippen LogP contribution in [0.15, 0.2) is 134 Å². The fraction of sp³-hybridized carbons (Fsp3) is 0.267. The molecule has 0 spiro atoms. The number of para-hydroxylation sites is 2. The topological polar surface area (TPSA) is 18.0 Å². The van der Waals surface area contributed by atoms with Crippen LogP contribution in [0.2, 0.25) is 0 Å². The van der Waals surface area contributed by atoms with Crippen molar-refractivity contribution >= 4 is 40.5 Å². The molecule has 314 valence electrons. The van der Waals surface area contributed by atoms with Gasteiger partial charge in [-0.05, 0) is 170 Å². The van der Waals surface area contributed by atoms with Gasteiger partial charge < -0.3 is 18.6 Å². The maximum Gasteiger partial charge on any atom is 0.0583 e. The first kappa shape index (κ1) is 36.9. The Morgan fingerprint density at radius 3 is 2.14 bits per heavy atom. The van der Waals surface area contributed by atoms with Crippen molar-refractivity contribution < 1.29 is 0 Å². The van der Waals surface area contributed by atoms with E-state index < -0.39 is 0 Å². The Bertz CT molecular complexity index is 3200. The van der Waals surface area contributed by atoms with E-state index >= 15 is 0 Å². The molecule has 64 heavy (non-hydrogen) atoms. The van der Waals surface area contributed by atoms with E-state index in [9.17, 15) is 0 Å². The van der Waals surface area contributed by atoms with Crippen LogP contribution in [0.4, 0.5) is 5.69 Å². The third-order valence-electron chi connectivity index (χ3n) is 16.2. The summed E-state index contributed by atoms with van der Waals surface area (Å²) in [4.78, 5) is 2.78. The molecule has 4 nitrogen and oxygen atoms in total. The zero-order valence-electron chi connectivity index (χ0n) is 36.6. The predicted molar refractivity (Wildman–Crippen MR) is 266 cm³/mol. The second-order valence-corrected chi connectivity index (χ2v) is 19.4. The van der Waals surface area contributed by atoms with Crippen molar-refractivity contribution in [1.29, 1.82) is 0 Å². The average Bonchev–Trinajstić information content (AvgIpc) is 4.09. The van der Waals surface area contributed by atoms with Crippen molar-refractivity contribution in [2.75, 3.05) is 4.90 Å². The minimum atomic E-state index is 0.396. The molecule has 3 atom stereocenters. The third-order valence-corrected chi connectivity index (χ3v) is 16.2. The van der Waals surface area contributed by atoms with Gasteiger partial charge in [0.2, 0.25) is 0 Å². The van der Waals surface area contributed by atoms with E-state index in [4.69, 9.17) is 0 Å². The van der Waals surface area contributed by atoms with Crippen LogP contribution < -0.4 is 4.90 Å². The SMILES string of the molecule is C1=CC2c3ccccc3N(C3CCc4c5c(n(-c6ccc(-c7ccc(-n8c9c(c%10c8CCC=C%10)CCC(n8c%10c(c%11ccccc%118)CCCC%10)=C9)cc7)cc6)c4C3)C=CCC5)C2C=C1. The fourth-order valence-electron chi connectivity index (χ4n) is 13.4. The monoisotopic (exact) mass is 830 g/mol. The Kier molecular flexibility index (Phi) is 8.37. The van der Waals surface area contributed by atoms with Crippen LogP contribution in [0.25, 0.3) is 57.3 Å². The first-order valence-electron chi connectivity index (χ1n) is 24.4. The number of allylic oxidation sites excluding steroid dienone is 5. The van der Waals surface area contributed by atoms with Crippen LogP contribution in [0.1, 0.15) is 106 Å². The molecule has 0 saturated heterocycles. The number of benzene rings is 4. The van der Waals surface area contributed by atoms with Crippen LogP contribution in [0.5, 0.6) is 0 Å². The van der Waals surface area contributed by atoms with Crippen LogP contribution in [0, 0.1) is 0 Å². The van der Waals surface area contributed by atoms with Gasteiger partial charge in [0.15, 0.2) is 0 Å². The summed E-state index contributed by atoms with van der Waals surface area (Å²) >= 11 is 0. The molecule has 7 aromatic rings. The molecule has 4 heteroatoms. The summed E-state index contributed by atoms with van der Waals surface area (Å²) < 4.78 is 7.91. The summed E-state index contributed by atoms with van der Waals surface area (Å²) in [5.41, 5.74) is 25.9. The van der Waals surface area contributed by atoms with Gasteiger partial charge in [0.25, 0.3) is 0 Å². The highest BCUT2D eigenvalue weighted by molar-refractivity contribution is 5.92. The smallest absolute Gasteiger partial charge is 0.0583 e. The maximum atomic E-state index is 2.78. The Morgan fingerprint density at radius 1 is 0.516 bits per heavy atom. The molecule has 3 unspecified atom stereocenters.